The first kappa shape index (κ1) is 59.7. The Morgan fingerprint density at radius 3 is 2.26 bits per heavy atom. The second-order valence-corrected chi connectivity index (χ2v) is 20.2. The van der Waals surface area contributed by atoms with Crippen LogP contribution >= 0.6 is 0 Å². The average molecular weight is 1130 g/mol. The number of rotatable bonds is 29. The van der Waals surface area contributed by atoms with E-state index in [2.05, 4.69) is 26.6 Å². The summed E-state index contributed by atoms with van der Waals surface area (Å²) in [6.07, 6.45) is 2.76. The van der Waals surface area contributed by atoms with Gasteiger partial charge in [-0.25, -0.2) is 23.4 Å². The van der Waals surface area contributed by atoms with E-state index in [9.17, 15) is 53.1 Å². The van der Waals surface area contributed by atoms with Crippen LogP contribution in [-0.2, 0) is 89.0 Å². The molecule has 2 aromatic heterocycles. The summed E-state index contributed by atoms with van der Waals surface area (Å²) in [4.78, 5) is 109. The van der Waals surface area contributed by atoms with Crippen LogP contribution in [0.3, 0.4) is 0 Å². The Kier molecular flexibility index (Phi) is 19.5. The van der Waals surface area contributed by atoms with Crippen LogP contribution < -0.4 is 32.1 Å². The quantitative estimate of drug-likeness (QED) is 0.0121. The van der Waals surface area contributed by atoms with Crippen molar-refractivity contribution >= 4 is 52.3 Å². The number of amides is 6. The molecule has 24 nitrogen and oxygen atoms in total. The topological polar surface area (TPSA) is 307 Å². The minimum Gasteiger partial charge on any atom is -0.625 e. The van der Waals surface area contributed by atoms with E-state index in [1.807, 2.05) is 4.90 Å². The van der Waals surface area contributed by atoms with Gasteiger partial charge >= 0.3 is 11.9 Å². The molecule has 2 aromatic carbocycles. The van der Waals surface area contributed by atoms with Gasteiger partial charge in [-0.15, -0.1) is 0 Å². The maximum absolute atomic E-state index is 16.0. The lowest BCUT2D eigenvalue weighted by Gasteiger charge is -2.44. The van der Waals surface area contributed by atoms with Crippen LogP contribution in [0.15, 0.2) is 65.5 Å². The van der Waals surface area contributed by atoms with Gasteiger partial charge in [0.15, 0.2) is 11.3 Å². The Bertz CT molecular complexity index is 3140. The van der Waals surface area contributed by atoms with Crippen LogP contribution in [0.2, 0.25) is 0 Å². The Labute approximate surface area is 463 Å². The lowest BCUT2D eigenvalue weighted by molar-refractivity contribution is -0.792. The van der Waals surface area contributed by atoms with Crippen molar-refractivity contribution in [3.63, 3.8) is 0 Å². The summed E-state index contributed by atoms with van der Waals surface area (Å²) in [6, 6.07) is 12.1. The van der Waals surface area contributed by atoms with Gasteiger partial charge in [0.2, 0.25) is 29.5 Å². The molecular weight excluding hydrogens is 1060 g/mol. The summed E-state index contributed by atoms with van der Waals surface area (Å²) in [5, 5.41) is 36.5. The van der Waals surface area contributed by atoms with Gasteiger partial charge < -0.3 is 65.1 Å². The average Bonchev–Trinajstić information content (AvgIpc) is 4.02. The number of hydrogen-bond acceptors (Lipinski definition) is 17. The highest BCUT2D eigenvalue weighted by Gasteiger charge is 2.47. The number of likely N-dealkylation sites (tertiary alicyclic amines) is 1. The zero-order valence-corrected chi connectivity index (χ0v) is 44.9. The number of alkyl halides is 1. The molecule has 1 fully saturated rings. The number of carbonyl (C=O) groups excluding carboxylic acids is 7. The van der Waals surface area contributed by atoms with Gasteiger partial charge in [-0.05, 0) is 48.2 Å². The molecule has 3 atom stereocenters. The first-order chi connectivity index (χ1) is 38.8. The minimum atomic E-state index is -2.04. The van der Waals surface area contributed by atoms with Crippen molar-refractivity contribution in [2.24, 2.45) is 0 Å². The molecule has 81 heavy (non-hydrogen) atoms. The number of halogens is 2. The number of aliphatic hydroxyl groups is 1. The van der Waals surface area contributed by atoms with Crippen molar-refractivity contribution in [3.8, 4) is 11.4 Å². The molecule has 0 spiro atoms. The van der Waals surface area contributed by atoms with Crippen LogP contribution in [0.25, 0.3) is 22.3 Å². The number of esters is 1. The lowest BCUT2D eigenvalue weighted by atomic mass is 9.86. The van der Waals surface area contributed by atoms with E-state index in [4.69, 9.17) is 28.7 Å². The number of nitrogens with zero attached hydrogens (tertiary/aromatic N) is 4. The number of benzene rings is 2. The molecule has 6 heterocycles. The van der Waals surface area contributed by atoms with Crippen LogP contribution in [0.4, 0.5) is 8.78 Å². The van der Waals surface area contributed by atoms with E-state index in [1.165, 1.54) is 22.8 Å². The van der Waals surface area contributed by atoms with Crippen LogP contribution in [0.5, 0.6) is 0 Å². The maximum Gasteiger partial charge on any atom is 0.343 e. The number of hydroxylamine groups is 3. The Morgan fingerprint density at radius 2 is 1.54 bits per heavy atom. The predicted molar refractivity (Wildman–Crippen MR) is 283 cm³/mol. The van der Waals surface area contributed by atoms with Gasteiger partial charge in [0.25, 0.3) is 5.56 Å². The summed E-state index contributed by atoms with van der Waals surface area (Å²) in [7, 11) is 0. The third kappa shape index (κ3) is 14.6. The number of ether oxygens (including phenoxy) is 5. The summed E-state index contributed by atoms with van der Waals surface area (Å²) >= 11 is 0. The Hall–Kier alpha value is -7.43. The van der Waals surface area contributed by atoms with Crippen molar-refractivity contribution in [2.75, 3.05) is 98.8 Å². The van der Waals surface area contributed by atoms with Crippen LogP contribution in [0.1, 0.15) is 53.1 Å². The van der Waals surface area contributed by atoms with E-state index in [0.717, 1.165) is 0 Å². The number of pyridine rings is 2. The minimum absolute atomic E-state index is 0.0179. The van der Waals surface area contributed by atoms with Gasteiger partial charge in [-0.2, -0.15) is 0 Å². The fraction of sp³-hybridized carbons (Fsp3) is 0.473. The van der Waals surface area contributed by atoms with Gasteiger partial charge in [0.1, 0.15) is 38.3 Å². The van der Waals surface area contributed by atoms with E-state index < -0.39 is 101 Å². The van der Waals surface area contributed by atoms with E-state index in [0.29, 0.717) is 44.5 Å². The monoisotopic (exact) mass is 1130 g/mol. The maximum atomic E-state index is 16.0. The fourth-order valence-electron chi connectivity index (χ4n) is 9.86. The summed E-state index contributed by atoms with van der Waals surface area (Å²) < 4.78 is 58.3. The highest BCUT2D eigenvalue weighted by atomic mass is 19.1. The molecule has 8 rings (SSSR count). The first-order valence-electron chi connectivity index (χ1n) is 26.5. The highest BCUT2D eigenvalue weighted by molar-refractivity contribution is 5.93. The molecule has 0 aliphatic carbocycles. The van der Waals surface area contributed by atoms with Crippen molar-refractivity contribution in [1.29, 1.82) is 0 Å². The zero-order valence-electron chi connectivity index (χ0n) is 44.9. The van der Waals surface area contributed by atoms with Gasteiger partial charge in [0.05, 0.1) is 94.9 Å². The molecule has 0 radical (unpaired) electrons. The van der Waals surface area contributed by atoms with Crippen LogP contribution in [-0.4, -0.2) is 176 Å². The standard InChI is InChI=1S/C55H65F2N9O15/c1-3-55(75)40-22-44-50-38(28-65(44)52(73)39(40)29-81-53(55)74)37(36-20-34(2)41(56)23-42(36)63-50)27-64-30-54(57,31-64)32-80-33-61-47(69)25-60-51(72)43(21-35-8-5-4-6-9-35)62-48(70)26-59-46(68)24-58-45(67)11-14-77-16-18-79-19-17-78-15-13-66(76)12-7-10-49(66)71/h4-10,20,22-23,43,75H,3,11-19,21,24-33H2,1-2H3,(H,58,67)(H,59,68)(H,60,72)(H,61,69)(H,62,70)/t43-,55-,66?/m0/s1. The molecule has 6 amide bonds. The number of fused-ring (bicyclic) bond motifs is 5. The van der Waals surface area contributed by atoms with Crippen molar-refractivity contribution in [2.45, 2.75) is 70.1 Å². The number of hydrogen-bond donors (Lipinski definition) is 6. The van der Waals surface area contributed by atoms with Gasteiger partial charge in [0, 0.05) is 61.1 Å². The van der Waals surface area contributed by atoms with Crippen LogP contribution in [0, 0.1) is 17.9 Å². The normalized spacial score (nSPS) is 19.0. The SMILES string of the molecule is CC[C@@]1(O)C(=O)OCc2c1cc1n(c2=O)Cc2c-1nc1cc(F)c(C)cc1c2CN1CC(F)(COCNC(=O)CNC(=O)[C@H](Cc2ccccc2)NC(=O)CNC(=O)CNC(=O)CCOCCOCCOCC[N+]2([O-])CC=CC2=O)C1. The molecule has 0 bridgehead atoms. The molecule has 434 valence electrons. The number of carbonyl (C=O) groups is 7. The Morgan fingerprint density at radius 1 is 0.864 bits per heavy atom. The molecule has 1 unspecified atom stereocenters. The number of aromatic nitrogens is 2. The molecule has 4 aromatic rings. The summed E-state index contributed by atoms with van der Waals surface area (Å²) in [5.41, 5.74) is -0.562. The molecular formula is C55H65F2N9O15. The second-order valence-electron chi connectivity index (χ2n) is 20.2. The highest BCUT2D eigenvalue weighted by Crippen LogP contribution is 2.42. The van der Waals surface area contributed by atoms with E-state index >= 15 is 4.39 Å². The largest absolute Gasteiger partial charge is 0.625 e. The third-order valence-electron chi connectivity index (χ3n) is 14.3. The number of quaternary nitrogens is 1. The molecule has 1 saturated heterocycles. The van der Waals surface area contributed by atoms with Crippen molar-refractivity contribution in [1.82, 2.24) is 41.0 Å². The smallest absolute Gasteiger partial charge is 0.343 e. The van der Waals surface area contributed by atoms with E-state index in [-0.39, 0.29) is 123 Å². The lowest BCUT2D eigenvalue weighted by Crippen LogP contribution is -2.61. The van der Waals surface area contributed by atoms with Gasteiger partial charge in [-0.3, -0.25) is 38.3 Å². The number of nitrogens with one attached hydrogen (secondary N) is 5. The Balaban J connectivity index is 0.729. The molecule has 6 N–H and O–H groups in total. The van der Waals surface area contributed by atoms with E-state index in [1.54, 1.807) is 56.3 Å². The molecule has 4 aliphatic rings. The van der Waals surface area contributed by atoms with Gasteiger partial charge in [-0.1, -0.05) is 37.3 Å². The molecule has 4 aliphatic heterocycles. The van der Waals surface area contributed by atoms with Crippen molar-refractivity contribution in [3.05, 3.63) is 115 Å². The molecule has 0 saturated carbocycles. The number of aryl methyl sites for hydroxylation is 1. The first-order valence-corrected chi connectivity index (χ1v) is 26.5. The summed E-state index contributed by atoms with van der Waals surface area (Å²) in [5.74, 6) is -5.10. The molecule has 26 heteroatoms. The zero-order chi connectivity index (χ0) is 57.9. The van der Waals surface area contributed by atoms with Crippen molar-refractivity contribution < 1.29 is 75.8 Å². The number of cyclic esters (lactones) is 1. The fourth-order valence-corrected chi connectivity index (χ4v) is 9.86. The summed E-state index contributed by atoms with van der Waals surface area (Å²) in [6.45, 7) is 1.96. The predicted octanol–water partition coefficient (Wildman–Crippen LogP) is 0.0683. The third-order valence-corrected chi connectivity index (χ3v) is 14.3. The second kappa shape index (κ2) is 26.4.